The van der Waals surface area contributed by atoms with Crippen LogP contribution in [-0.2, 0) is 9.59 Å². The normalized spacial score (nSPS) is 25.0. The van der Waals surface area contributed by atoms with Gasteiger partial charge in [-0.1, -0.05) is 37.3 Å². The van der Waals surface area contributed by atoms with Gasteiger partial charge in [-0.2, -0.15) is 0 Å². The Morgan fingerprint density at radius 3 is 2.73 bits per heavy atom. The Morgan fingerprint density at radius 1 is 1.20 bits per heavy atom. The zero-order chi connectivity index (χ0) is 21.1. The number of amides is 3. The first-order valence-corrected chi connectivity index (χ1v) is 11.1. The zero-order valence-corrected chi connectivity index (χ0v) is 17.7. The van der Waals surface area contributed by atoms with E-state index in [1.165, 1.54) is 12.8 Å². The van der Waals surface area contributed by atoms with Crippen LogP contribution in [0.2, 0.25) is 0 Å². The molecule has 7 heteroatoms. The average molecular weight is 414 g/mol. The summed E-state index contributed by atoms with van der Waals surface area (Å²) in [6.45, 7) is 2.37. The molecule has 3 amide bonds. The smallest absolute Gasteiger partial charge is 0.258 e. The maximum Gasteiger partial charge on any atom is 0.258 e. The van der Waals surface area contributed by atoms with Gasteiger partial charge < -0.3 is 20.3 Å². The molecule has 2 fully saturated rings. The minimum absolute atomic E-state index is 0.0646. The third kappa shape index (κ3) is 4.60. The number of hydrogen-bond donors (Lipinski definition) is 2. The van der Waals surface area contributed by atoms with E-state index in [2.05, 4.69) is 10.6 Å². The number of carbonyl (C=O) groups is 3. The summed E-state index contributed by atoms with van der Waals surface area (Å²) < 4.78 is 6.19. The molecule has 2 aliphatic heterocycles. The van der Waals surface area contributed by atoms with E-state index in [-0.39, 0.29) is 36.7 Å². The van der Waals surface area contributed by atoms with Crippen molar-refractivity contribution in [1.82, 2.24) is 15.5 Å². The third-order valence-electron chi connectivity index (χ3n) is 6.46. The molecule has 1 spiro atoms. The highest BCUT2D eigenvalue weighted by molar-refractivity contribution is 5.98. The molecular formula is C23H31N3O4. The third-order valence-corrected chi connectivity index (χ3v) is 6.46. The van der Waals surface area contributed by atoms with E-state index in [4.69, 9.17) is 4.74 Å². The van der Waals surface area contributed by atoms with E-state index in [9.17, 15) is 14.4 Å². The van der Waals surface area contributed by atoms with E-state index in [1.807, 2.05) is 25.1 Å². The molecule has 0 aromatic heterocycles. The van der Waals surface area contributed by atoms with Crippen molar-refractivity contribution in [3.8, 4) is 5.75 Å². The number of rotatable bonds is 3. The van der Waals surface area contributed by atoms with E-state index in [1.54, 1.807) is 4.90 Å². The van der Waals surface area contributed by atoms with Gasteiger partial charge in [0.25, 0.3) is 5.91 Å². The largest absolute Gasteiger partial charge is 0.467 e. The molecule has 1 saturated heterocycles. The average Bonchev–Trinajstić information content (AvgIpc) is 3.05. The van der Waals surface area contributed by atoms with Crippen LogP contribution in [0.5, 0.6) is 5.75 Å². The van der Waals surface area contributed by atoms with Crippen LogP contribution in [0.4, 0.5) is 0 Å². The highest BCUT2D eigenvalue weighted by atomic mass is 16.5. The van der Waals surface area contributed by atoms with Crippen molar-refractivity contribution < 1.29 is 19.1 Å². The fraction of sp³-hybridized carbons (Fsp3) is 0.609. The van der Waals surface area contributed by atoms with E-state index < -0.39 is 5.72 Å². The van der Waals surface area contributed by atoms with Crippen LogP contribution in [0.25, 0.3) is 0 Å². The maximum atomic E-state index is 12.7. The first kappa shape index (κ1) is 20.7. The van der Waals surface area contributed by atoms with Gasteiger partial charge in [0.1, 0.15) is 5.75 Å². The van der Waals surface area contributed by atoms with Gasteiger partial charge >= 0.3 is 0 Å². The molecule has 1 aromatic rings. The SMILES string of the molecule is Cc1ccc2c(c1)C(=O)N[C@]1(CCC(=O)N(CC(=O)NC3CCCCCC3)CC1)O2. The van der Waals surface area contributed by atoms with Gasteiger partial charge in [-0.15, -0.1) is 0 Å². The Hall–Kier alpha value is -2.57. The summed E-state index contributed by atoms with van der Waals surface area (Å²) in [5.74, 6) is 0.208. The molecule has 1 aliphatic carbocycles. The number of ether oxygens (including phenoxy) is 1. The molecule has 1 saturated carbocycles. The molecule has 1 atom stereocenters. The lowest BCUT2D eigenvalue weighted by atomic mass is 9.99. The molecule has 7 nitrogen and oxygen atoms in total. The molecule has 0 radical (unpaired) electrons. The number of likely N-dealkylation sites (tertiary alicyclic amines) is 1. The van der Waals surface area contributed by atoms with Crippen LogP contribution in [0.15, 0.2) is 18.2 Å². The Kier molecular flexibility index (Phi) is 5.97. The summed E-state index contributed by atoms with van der Waals surface area (Å²) in [7, 11) is 0. The minimum Gasteiger partial charge on any atom is -0.467 e. The molecule has 4 rings (SSSR count). The number of aryl methyl sites for hydroxylation is 1. The number of fused-ring (bicyclic) bond motifs is 1. The van der Waals surface area contributed by atoms with Gasteiger partial charge in [-0.25, -0.2) is 0 Å². The van der Waals surface area contributed by atoms with E-state index in [0.29, 0.717) is 30.7 Å². The van der Waals surface area contributed by atoms with Crippen LogP contribution < -0.4 is 15.4 Å². The van der Waals surface area contributed by atoms with Crippen molar-refractivity contribution in [3.63, 3.8) is 0 Å². The fourth-order valence-electron chi connectivity index (χ4n) is 4.72. The topological polar surface area (TPSA) is 87.7 Å². The van der Waals surface area contributed by atoms with Crippen molar-refractivity contribution in [2.75, 3.05) is 13.1 Å². The second-order valence-electron chi connectivity index (χ2n) is 8.87. The van der Waals surface area contributed by atoms with E-state index >= 15 is 0 Å². The van der Waals surface area contributed by atoms with Crippen molar-refractivity contribution in [2.45, 2.75) is 76.5 Å². The standard InChI is InChI=1S/C23H31N3O4/c1-16-8-9-19-18(14-16)22(29)25-23(30-19)11-10-21(28)26(13-12-23)15-20(27)24-17-6-4-2-3-5-7-17/h8-9,14,17H,2-7,10-13,15H2,1H3,(H,24,27)(H,25,29)/t23-/m1/s1. The van der Waals surface area contributed by atoms with Crippen LogP contribution in [0, 0.1) is 6.92 Å². The Morgan fingerprint density at radius 2 is 1.97 bits per heavy atom. The Bertz CT molecular complexity index is 832. The summed E-state index contributed by atoms with van der Waals surface area (Å²) >= 11 is 0. The molecule has 3 aliphatic rings. The predicted molar refractivity (Wildman–Crippen MR) is 112 cm³/mol. The number of nitrogens with zero attached hydrogens (tertiary/aromatic N) is 1. The lowest BCUT2D eigenvalue weighted by Gasteiger charge is -2.38. The Balaban J connectivity index is 1.39. The fourth-order valence-corrected chi connectivity index (χ4v) is 4.72. The molecule has 162 valence electrons. The lowest BCUT2D eigenvalue weighted by Crippen LogP contribution is -2.56. The van der Waals surface area contributed by atoms with Gasteiger partial charge in [0, 0.05) is 31.8 Å². The number of benzene rings is 1. The van der Waals surface area contributed by atoms with Gasteiger partial charge in [-0.05, 0) is 31.9 Å². The van der Waals surface area contributed by atoms with Crippen LogP contribution >= 0.6 is 0 Å². The monoisotopic (exact) mass is 413 g/mol. The van der Waals surface area contributed by atoms with Crippen LogP contribution in [0.1, 0.15) is 73.7 Å². The van der Waals surface area contributed by atoms with E-state index in [0.717, 1.165) is 31.2 Å². The van der Waals surface area contributed by atoms with Crippen molar-refractivity contribution in [2.24, 2.45) is 0 Å². The van der Waals surface area contributed by atoms with Crippen LogP contribution in [0.3, 0.4) is 0 Å². The van der Waals surface area contributed by atoms with Crippen LogP contribution in [-0.4, -0.2) is 47.5 Å². The maximum absolute atomic E-state index is 12.7. The lowest BCUT2D eigenvalue weighted by molar-refractivity contribution is -0.135. The predicted octanol–water partition coefficient (Wildman–Crippen LogP) is 2.67. The minimum atomic E-state index is -0.901. The highest BCUT2D eigenvalue weighted by Crippen LogP contribution is 2.34. The number of carbonyl (C=O) groups excluding carboxylic acids is 3. The first-order valence-electron chi connectivity index (χ1n) is 11.1. The van der Waals surface area contributed by atoms with Crippen molar-refractivity contribution in [1.29, 1.82) is 0 Å². The second kappa shape index (κ2) is 8.66. The summed E-state index contributed by atoms with van der Waals surface area (Å²) in [6, 6.07) is 5.76. The molecule has 2 N–H and O–H groups in total. The molecular weight excluding hydrogens is 382 g/mol. The Labute approximate surface area is 177 Å². The zero-order valence-electron chi connectivity index (χ0n) is 17.7. The van der Waals surface area contributed by atoms with Crippen molar-refractivity contribution >= 4 is 17.7 Å². The molecule has 2 heterocycles. The van der Waals surface area contributed by atoms with Crippen molar-refractivity contribution in [3.05, 3.63) is 29.3 Å². The summed E-state index contributed by atoms with van der Waals surface area (Å²) in [5, 5.41) is 6.09. The summed E-state index contributed by atoms with van der Waals surface area (Å²) in [4.78, 5) is 39.5. The van der Waals surface area contributed by atoms with Gasteiger partial charge in [0.2, 0.25) is 11.8 Å². The second-order valence-corrected chi connectivity index (χ2v) is 8.87. The molecule has 30 heavy (non-hydrogen) atoms. The number of hydrogen-bond acceptors (Lipinski definition) is 4. The molecule has 0 unspecified atom stereocenters. The summed E-state index contributed by atoms with van der Waals surface area (Å²) in [6.07, 6.45) is 7.87. The van der Waals surface area contributed by atoms with Gasteiger partial charge in [0.05, 0.1) is 12.1 Å². The number of nitrogens with one attached hydrogen (secondary N) is 2. The van der Waals surface area contributed by atoms with Gasteiger partial charge in [-0.3, -0.25) is 14.4 Å². The molecule has 1 aromatic carbocycles. The highest BCUT2D eigenvalue weighted by Gasteiger charge is 2.42. The van der Waals surface area contributed by atoms with Gasteiger partial charge in [0.15, 0.2) is 5.72 Å². The first-order chi connectivity index (χ1) is 14.4. The molecule has 0 bridgehead atoms. The summed E-state index contributed by atoms with van der Waals surface area (Å²) in [5.41, 5.74) is 0.614. The quantitative estimate of drug-likeness (QED) is 0.746.